The first-order chi connectivity index (χ1) is 21.2. The number of methoxy groups -OCH3 is 1. The maximum atomic E-state index is 13.5. The Kier molecular flexibility index (Phi) is 10.4. The molecule has 5 rings (SSSR count). The van der Waals surface area contributed by atoms with Crippen molar-refractivity contribution in [2.24, 2.45) is 0 Å². The molecular weight excluding hydrogens is 671 g/mol. The number of halogens is 2. The van der Waals surface area contributed by atoms with Crippen molar-refractivity contribution in [1.29, 1.82) is 0 Å². The molecule has 1 N–H and O–H groups in total. The monoisotopic (exact) mass is 700 g/mol. The van der Waals surface area contributed by atoms with Crippen LogP contribution in [0.2, 0.25) is 0 Å². The number of ether oxygens (including phenoxy) is 3. The zero-order valence-corrected chi connectivity index (χ0v) is 27.3. The highest BCUT2D eigenvalue weighted by Crippen LogP contribution is 2.37. The lowest BCUT2D eigenvalue weighted by molar-refractivity contribution is 0.135. The average molecular weight is 702 g/mol. The number of nitrogens with one attached hydrogen (secondary N) is 1. The first kappa shape index (κ1) is 31.8. The summed E-state index contributed by atoms with van der Waals surface area (Å²) in [5, 5.41) is 6.75. The maximum Gasteiger partial charge on any atom is 0.152 e. The molecule has 230 valence electrons. The van der Waals surface area contributed by atoms with Crippen molar-refractivity contribution in [3.8, 4) is 22.8 Å². The normalized spacial score (nSPS) is 11.5. The molecule has 9 nitrogen and oxygen atoms in total. The zero-order valence-electron chi connectivity index (χ0n) is 24.0. The summed E-state index contributed by atoms with van der Waals surface area (Å²) in [6.45, 7) is 2.41. The standard InChI is InChI=1S/C31H30BrFN4O5S2/c1-3-10-44(38,39)11-9-41-17-30-37-27(18-43-30)23-14-24-26(15-29(23)40-2)34-19-35-31(24)36-22-7-8-28(25(32)13-22)42-16-20-5-4-6-21(33)12-20/h4-8,12-15,18-19H,3,9-11,16-17H2,1-2H3,(H,34,35,36). The van der Waals surface area contributed by atoms with E-state index < -0.39 is 9.84 Å². The van der Waals surface area contributed by atoms with Crippen LogP contribution in [0.5, 0.6) is 11.5 Å². The van der Waals surface area contributed by atoms with Gasteiger partial charge in [0, 0.05) is 33.8 Å². The number of benzene rings is 3. The molecule has 13 heteroatoms. The van der Waals surface area contributed by atoms with Gasteiger partial charge in [-0.25, -0.2) is 27.8 Å². The smallest absolute Gasteiger partial charge is 0.152 e. The number of hydrogen-bond donors (Lipinski definition) is 1. The molecule has 44 heavy (non-hydrogen) atoms. The highest BCUT2D eigenvalue weighted by molar-refractivity contribution is 9.10. The van der Waals surface area contributed by atoms with Gasteiger partial charge in [0.1, 0.15) is 41.1 Å². The Morgan fingerprint density at radius 1 is 1.02 bits per heavy atom. The molecule has 0 fully saturated rings. The molecule has 0 radical (unpaired) electrons. The molecule has 0 aliphatic heterocycles. The summed E-state index contributed by atoms with van der Waals surface area (Å²) < 4.78 is 55.2. The highest BCUT2D eigenvalue weighted by atomic mass is 79.9. The van der Waals surface area contributed by atoms with Crippen molar-refractivity contribution in [3.05, 3.63) is 87.2 Å². The van der Waals surface area contributed by atoms with Gasteiger partial charge in [0.25, 0.3) is 0 Å². The van der Waals surface area contributed by atoms with Crippen molar-refractivity contribution in [2.45, 2.75) is 26.6 Å². The van der Waals surface area contributed by atoms with Crippen molar-refractivity contribution in [3.63, 3.8) is 0 Å². The summed E-state index contributed by atoms with van der Waals surface area (Å²) >= 11 is 4.99. The van der Waals surface area contributed by atoms with E-state index in [4.69, 9.17) is 19.2 Å². The molecule has 2 heterocycles. The SMILES string of the molecule is CCCS(=O)(=O)CCOCc1nc(-c2cc3c(Nc4ccc(OCc5cccc(F)c5)c(Br)c4)ncnc3cc2OC)cs1. The Morgan fingerprint density at radius 3 is 2.66 bits per heavy atom. The predicted octanol–water partition coefficient (Wildman–Crippen LogP) is 7.33. The van der Waals surface area contributed by atoms with Gasteiger partial charge in [-0.3, -0.25) is 0 Å². The van der Waals surface area contributed by atoms with E-state index in [1.807, 2.05) is 42.6 Å². The number of hydrogen-bond acceptors (Lipinski definition) is 10. The predicted molar refractivity (Wildman–Crippen MR) is 174 cm³/mol. The average Bonchev–Trinajstić information content (AvgIpc) is 3.47. The molecule has 0 amide bonds. The van der Waals surface area contributed by atoms with Crippen LogP contribution in [-0.2, 0) is 27.8 Å². The summed E-state index contributed by atoms with van der Waals surface area (Å²) in [6.07, 6.45) is 2.07. The molecule has 0 spiro atoms. The van der Waals surface area contributed by atoms with E-state index in [1.165, 1.54) is 29.8 Å². The summed E-state index contributed by atoms with van der Waals surface area (Å²) in [4.78, 5) is 13.6. The molecular formula is C31H30BrFN4O5S2. The third-order valence-electron chi connectivity index (χ3n) is 6.54. The Balaban J connectivity index is 1.32. The van der Waals surface area contributed by atoms with Crippen LogP contribution in [0.4, 0.5) is 15.9 Å². The van der Waals surface area contributed by atoms with Gasteiger partial charge in [-0.2, -0.15) is 0 Å². The van der Waals surface area contributed by atoms with Crippen molar-refractivity contribution < 1.29 is 27.0 Å². The fourth-order valence-electron chi connectivity index (χ4n) is 4.43. The number of rotatable bonds is 14. The van der Waals surface area contributed by atoms with Crippen LogP contribution in [0, 0.1) is 5.82 Å². The lowest BCUT2D eigenvalue weighted by Crippen LogP contribution is -2.15. The second-order valence-corrected chi connectivity index (χ2v) is 13.9. The molecule has 0 saturated carbocycles. The van der Waals surface area contributed by atoms with E-state index in [-0.39, 0.29) is 37.1 Å². The third kappa shape index (κ3) is 8.08. The number of aromatic nitrogens is 3. The van der Waals surface area contributed by atoms with E-state index >= 15 is 0 Å². The molecule has 3 aromatic carbocycles. The van der Waals surface area contributed by atoms with E-state index in [0.717, 1.165) is 31.7 Å². The molecule has 0 atom stereocenters. The topological polar surface area (TPSA) is 113 Å². The molecule has 2 aromatic heterocycles. The van der Waals surface area contributed by atoms with Gasteiger partial charge in [-0.05, 0) is 64.3 Å². The van der Waals surface area contributed by atoms with Crippen molar-refractivity contribution >= 4 is 59.5 Å². The maximum absolute atomic E-state index is 13.5. The minimum absolute atomic E-state index is 0.00538. The quantitative estimate of drug-likeness (QED) is 0.119. The van der Waals surface area contributed by atoms with Crippen LogP contribution in [-0.4, -0.2) is 48.6 Å². The second kappa shape index (κ2) is 14.4. The molecule has 0 unspecified atom stereocenters. The molecule has 0 aliphatic carbocycles. The van der Waals surface area contributed by atoms with E-state index in [1.54, 1.807) is 19.2 Å². The molecule has 0 saturated heterocycles. The van der Waals surface area contributed by atoms with Gasteiger partial charge in [0.05, 0.1) is 41.8 Å². The number of thiazole rings is 1. The molecule has 5 aromatic rings. The minimum Gasteiger partial charge on any atom is -0.496 e. The van der Waals surface area contributed by atoms with Gasteiger partial charge >= 0.3 is 0 Å². The Hall–Kier alpha value is -3.65. The Bertz CT molecular complexity index is 1870. The lowest BCUT2D eigenvalue weighted by Gasteiger charge is -2.13. The molecule has 0 aliphatic rings. The molecule has 0 bridgehead atoms. The van der Waals surface area contributed by atoms with E-state index in [0.29, 0.717) is 34.9 Å². The highest BCUT2D eigenvalue weighted by Gasteiger charge is 2.16. The summed E-state index contributed by atoms with van der Waals surface area (Å²) in [7, 11) is -1.51. The zero-order chi connectivity index (χ0) is 31.1. The van der Waals surface area contributed by atoms with Crippen LogP contribution < -0.4 is 14.8 Å². The number of anilines is 2. The van der Waals surface area contributed by atoms with Gasteiger partial charge in [-0.1, -0.05) is 19.1 Å². The van der Waals surface area contributed by atoms with Crippen LogP contribution in [0.25, 0.3) is 22.2 Å². The lowest BCUT2D eigenvalue weighted by atomic mass is 10.1. The summed E-state index contributed by atoms with van der Waals surface area (Å²) in [5.41, 5.74) is 3.64. The van der Waals surface area contributed by atoms with Gasteiger partial charge in [0.2, 0.25) is 0 Å². The van der Waals surface area contributed by atoms with Crippen molar-refractivity contribution in [1.82, 2.24) is 15.0 Å². The van der Waals surface area contributed by atoms with E-state index in [2.05, 4.69) is 31.2 Å². The second-order valence-electron chi connectivity index (χ2n) is 9.81. The van der Waals surface area contributed by atoms with E-state index in [9.17, 15) is 12.8 Å². The fourth-order valence-corrected chi connectivity index (χ4v) is 6.85. The minimum atomic E-state index is -3.10. The third-order valence-corrected chi connectivity index (χ3v) is 9.80. The fraction of sp³-hybridized carbons (Fsp3) is 0.258. The Labute approximate surface area is 267 Å². The number of nitrogens with zero attached hydrogens (tertiary/aromatic N) is 3. The van der Waals surface area contributed by atoms with Gasteiger partial charge in [-0.15, -0.1) is 11.3 Å². The summed E-state index contributed by atoms with van der Waals surface area (Å²) in [6, 6.07) is 15.6. The Morgan fingerprint density at radius 2 is 1.89 bits per heavy atom. The van der Waals surface area contributed by atoms with Crippen LogP contribution in [0.3, 0.4) is 0 Å². The first-order valence-corrected chi connectivity index (χ1v) is 17.2. The van der Waals surface area contributed by atoms with Crippen molar-refractivity contribution in [2.75, 3.05) is 30.5 Å². The van der Waals surface area contributed by atoms with Gasteiger partial charge in [0.15, 0.2) is 9.84 Å². The first-order valence-electron chi connectivity index (χ1n) is 13.7. The van der Waals surface area contributed by atoms with Crippen LogP contribution >= 0.6 is 27.3 Å². The summed E-state index contributed by atoms with van der Waals surface area (Å²) in [5.74, 6) is 1.66. The largest absolute Gasteiger partial charge is 0.496 e. The van der Waals surface area contributed by atoms with Crippen LogP contribution in [0.1, 0.15) is 23.9 Å². The number of fused-ring (bicyclic) bond motifs is 1. The van der Waals surface area contributed by atoms with Gasteiger partial charge < -0.3 is 19.5 Å². The number of sulfone groups is 1. The van der Waals surface area contributed by atoms with Crippen LogP contribution in [0.15, 0.2) is 70.8 Å².